The molecule has 0 saturated carbocycles. The first kappa shape index (κ1) is 25.2. The number of rotatable bonds is 7. The fraction of sp³-hybridized carbons (Fsp3) is 0.440. The van der Waals surface area contributed by atoms with Gasteiger partial charge in [-0.2, -0.15) is 15.1 Å². The van der Waals surface area contributed by atoms with Crippen LogP contribution in [0.1, 0.15) is 28.9 Å². The molecule has 0 spiro atoms. The average Bonchev–Trinajstić information content (AvgIpc) is 3.62. The van der Waals surface area contributed by atoms with E-state index >= 15 is 0 Å². The molecule has 196 valence electrons. The second-order valence-electron chi connectivity index (χ2n) is 9.83. The summed E-state index contributed by atoms with van der Waals surface area (Å²) in [6.07, 6.45) is 1.75. The molecule has 37 heavy (non-hydrogen) atoms. The minimum atomic E-state index is -0.687. The first-order valence-electron chi connectivity index (χ1n) is 12.4. The van der Waals surface area contributed by atoms with Crippen molar-refractivity contribution < 1.29 is 9.18 Å². The zero-order valence-electron chi connectivity index (χ0n) is 21.1. The monoisotopic (exact) mass is 527 g/mol. The van der Waals surface area contributed by atoms with E-state index in [1.165, 1.54) is 12.1 Å². The van der Waals surface area contributed by atoms with Crippen LogP contribution in [0.15, 0.2) is 30.3 Å². The summed E-state index contributed by atoms with van der Waals surface area (Å²) in [5.74, 6) is 1.52. The summed E-state index contributed by atoms with van der Waals surface area (Å²) in [7, 11) is 4.19. The maximum absolute atomic E-state index is 14.4. The van der Waals surface area contributed by atoms with E-state index in [2.05, 4.69) is 49.7 Å². The molecule has 4 heterocycles. The first-order valence-corrected chi connectivity index (χ1v) is 12.7. The lowest BCUT2D eigenvalue weighted by molar-refractivity contribution is 0.0787. The number of carbonyl (C=O) groups is 1. The van der Waals surface area contributed by atoms with Gasteiger partial charge in [0.25, 0.3) is 5.91 Å². The van der Waals surface area contributed by atoms with Crippen LogP contribution in [0.4, 0.5) is 27.8 Å². The topological polar surface area (TPSA) is 105 Å². The molecule has 5 rings (SSSR count). The van der Waals surface area contributed by atoms with Crippen LogP contribution in [0.3, 0.4) is 0 Å². The number of nitrogens with one attached hydrogen (secondary N) is 3. The Hall–Kier alpha value is -3.44. The maximum Gasteiger partial charge on any atom is 0.256 e. The molecular weight excluding hydrogens is 497 g/mol. The van der Waals surface area contributed by atoms with E-state index in [-0.39, 0.29) is 22.5 Å². The lowest BCUT2D eigenvalue weighted by Gasteiger charge is -2.22. The number of aryl methyl sites for hydroxylation is 1. The summed E-state index contributed by atoms with van der Waals surface area (Å²) in [5.41, 5.74) is 0.923. The number of H-pyrrole nitrogens is 1. The molecule has 0 aliphatic carbocycles. The van der Waals surface area contributed by atoms with Gasteiger partial charge in [0.1, 0.15) is 11.6 Å². The number of amides is 1. The average molecular weight is 528 g/mol. The molecule has 2 fully saturated rings. The van der Waals surface area contributed by atoms with E-state index in [9.17, 15) is 9.18 Å². The van der Waals surface area contributed by atoms with E-state index in [0.29, 0.717) is 43.1 Å². The largest absolute Gasteiger partial charge is 0.355 e. The minimum absolute atomic E-state index is 0.0170. The molecule has 10 nitrogen and oxygen atoms in total. The van der Waals surface area contributed by atoms with Gasteiger partial charge < -0.3 is 25.3 Å². The smallest absolute Gasteiger partial charge is 0.256 e. The summed E-state index contributed by atoms with van der Waals surface area (Å²) in [6, 6.07) is 8.69. The van der Waals surface area contributed by atoms with Crippen LogP contribution in [0.2, 0.25) is 5.02 Å². The van der Waals surface area contributed by atoms with Gasteiger partial charge in [-0.25, -0.2) is 4.39 Å². The highest BCUT2D eigenvalue weighted by molar-refractivity contribution is 6.31. The molecule has 2 aliphatic rings. The first-order chi connectivity index (χ1) is 17.8. The Morgan fingerprint density at radius 3 is 2.73 bits per heavy atom. The molecule has 2 saturated heterocycles. The second-order valence-corrected chi connectivity index (χ2v) is 10.2. The lowest BCUT2D eigenvalue weighted by atomic mass is 10.2. The number of hydrogen-bond donors (Lipinski definition) is 3. The Morgan fingerprint density at radius 2 is 2.00 bits per heavy atom. The number of halogens is 2. The number of aromatic nitrogens is 4. The van der Waals surface area contributed by atoms with Gasteiger partial charge in [-0.15, -0.1) is 0 Å². The zero-order valence-corrected chi connectivity index (χ0v) is 21.9. The number of nitrogens with zero attached hydrogens (tertiary/aromatic N) is 6. The van der Waals surface area contributed by atoms with Gasteiger partial charge in [0.15, 0.2) is 11.6 Å². The number of carbonyl (C=O) groups excluding carboxylic acids is 1. The molecule has 3 N–H and O–H groups in total. The van der Waals surface area contributed by atoms with Gasteiger partial charge in [0.05, 0.1) is 10.6 Å². The zero-order chi connectivity index (χ0) is 26.1. The van der Waals surface area contributed by atoms with Crippen molar-refractivity contribution in [2.45, 2.75) is 31.8 Å². The number of likely N-dealkylation sites (N-methyl/N-ethyl adjacent to an activating group) is 1. The molecule has 1 aromatic carbocycles. The Labute approximate surface area is 220 Å². The third kappa shape index (κ3) is 5.62. The fourth-order valence-corrected chi connectivity index (χ4v) is 4.97. The lowest BCUT2D eigenvalue weighted by Crippen LogP contribution is -2.33. The predicted molar refractivity (Wildman–Crippen MR) is 142 cm³/mol. The van der Waals surface area contributed by atoms with E-state index < -0.39 is 5.82 Å². The quantitative estimate of drug-likeness (QED) is 0.429. The second kappa shape index (κ2) is 10.5. The van der Waals surface area contributed by atoms with E-state index in [1.807, 2.05) is 19.1 Å². The molecule has 0 unspecified atom stereocenters. The highest BCUT2D eigenvalue weighted by atomic mass is 35.5. The number of hydrogen-bond acceptors (Lipinski definition) is 8. The molecule has 2 aliphatic heterocycles. The van der Waals surface area contributed by atoms with Crippen LogP contribution >= 0.6 is 11.6 Å². The maximum atomic E-state index is 14.4. The van der Waals surface area contributed by atoms with Crippen LogP contribution < -0.4 is 15.5 Å². The predicted octanol–water partition coefficient (Wildman–Crippen LogP) is 3.51. The van der Waals surface area contributed by atoms with Crippen LogP contribution in [-0.2, 0) is 0 Å². The van der Waals surface area contributed by atoms with Gasteiger partial charge in [-0.05, 0) is 46.0 Å². The van der Waals surface area contributed by atoms with E-state index in [1.54, 1.807) is 11.0 Å². The van der Waals surface area contributed by atoms with Crippen molar-refractivity contribution in [3.63, 3.8) is 0 Å². The Morgan fingerprint density at radius 1 is 1.16 bits per heavy atom. The van der Waals surface area contributed by atoms with Crippen molar-refractivity contribution >= 4 is 40.9 Å². The van der Waals surface area contributed by atoms with Gasteiger partial charge in [-0.1, -0.05) is 17.7 Å². The molecule has 12 heteroatoms. The highest BCUT2D eigenvalue weighted by Crippen LogP contribution is 2.27. The normalized spacial score (nSPS) is 19.6. The molecule has 3 aromatic rings. The molecule has 0 radical (unpaired) electrons. The summed E-state index contributed by atoms with van der Waals surface area (Å²) < 4.78 is 14.4. The molecule has 1 amide bonds. The van der Waals surface area contributed by atoms with Crippen LogP contribution in [0.5, 0.6) is 0 Å². The van der Waals surface area contributed by atoms with E-state index in [0.717, 1.165) is 31.0 Å². The van der Waals surface area contributed by atoms with Crippen molar-refractivity contribution in [3.8, 4) is 0 Å². The Bertz CT molecular complexity index is 1280. The molecular formula is C25H31ClFN9O. The van der Waals surface area contributed by atoms with Crippen LogP contribution in [0, 0.1) is 12.7 Å². The fourth-order valence-electron chi connectivity index (χ4n) is 4.79. The Kier molecular flexibility index (Phi) is 7.16. The number of benzene rings is 1. The van der Waals surface area contributed by atoms with Gasteiger partial charge in [0.2, 0.25) is 5.95 Å². The van der Waals surface area contributed by atoms with Gasteiger partial charge >= 0.3 is 0 Å². The standard InChI is InChI=1S/C25H31ClFN9O/c1-15-11-21(33-32-15)29-20-12-22(35-10-8-17(14-35)34(2)3)31-25(30-20)28-16-7-9-36(13-16)24(37)18-5-4-6-19(26)23(18)27/h4-6,11-12,16-17H,7-10,13-14H2,1-3H3,(H3,28,29,30,31,32,33)/t16-,17-/m0/s1. The Balaban J connectivity index is 1.33. The van der Waals surface area contributed by atoms with Crippen molar-refractivity contribution in [1.82, 2.24) is 30.0 Å². The third-order valence-electron chi connectivity index (χ3n) is 6.88. The summed E-state index contributed by atoms with van der Waals surface area (Å²) in [4.78, 5) is 28.5. The number of likely N-dealkylation sites (tertiary alicyclic amines) is 1. The number of anilines is 4. The summed E-state index contributed by atoms with van der Waals surface area (Å²) in [5, 5.41) is 13.8. The van der Waals surface area contributed by atoms with E-state index in [4.69, 9.17) is 16.6 Å². The van der Waals surface area contributed by atoms with Crippen molar-refractivity contribution in [3.05, 3.63) is 52.4 Å². The highest BCUT2D eigenvalue weighted by Gasteiger charge is 2.30. The molecule has 0 bridgehead atoms. The third-order valence-corrected chi connectivity index (χ3v) is 7.17. The molecule has 2 aromatic heterocycles. The van der Waals surface area contributed by atoms with Crippen molar-refractivity contribution in [2.24, 2.45) is 0 Å². The summed E-state index contributed by atoms with van der Waals surface area (Å²) >= 11 is 5.88. The minimum Gasteiger partial charge on any atom is -0.355 e. The SMILES string of the molecule is Cc1cc(Nc2cc(N3CC[C@H](N(C)C)C3)nc(N[C@H]3CCN(C(=O)c4cccc(Cl)c4F)C3)n2)n[nH]1. The van der Waals surface area contributed by atoms with Crippen LogP contribution in [-0.4, -0.2) is 88.2 Å². The summed E-state index contributed by atoms with van der Waals surface area (Å²) in [6.45, 7) is 4.62. The number of aromatic amines is 1. The van der Waals surface area contributed by atoms with Gasteiger partial charge in [0, 0.05) is 56.1 Å². The van der Waals surface area contributed by atoms with Crippen LogP contribution in [0.25, 0.3) is 0 Å². The molecule has 2 atom stereocenters. The van der Waals surface area contributed by atoms with Crippen molar-refractivity contribution in [2.75, 3.05) is 55.8 Å². The van der Waals surface area contributed by atoms with Gasteiger partial charge in [-0.3, -0.25) is 9.89 Å². The van der Waals surface area contributed by atoms with Crippen molar-refractivity contribution in [1.29, 1.82) is 0 Å².